The van der Waals surface area contributed by atoms with Crippen molar-refractivity contribution in [1.82, 2.24) is 0 Å². The topological polar surface area (TPSA) is 21.6 Å². The van der Waals surface area contributed by atoms with Gasteiger partial charge in [-0.1, -0.05) is 54.6 Å². The van der Waals surface area contributed by atoms with Gasteiger partial charge in [0.15, 0.2) is 0 Å². The van der Waals surface area contributed by atoms with Gasteiger partial charge in [-0.15, -0.1) is 0 Å². The highest BCUT2D eigenvalue weighted by molar-refractivity contribution is 5.83. The Kier molecular flexibility index (Phi) is 4.30. The van der Waals surface area contributed by atoms with Crippen LogP contribution in [0.3, 0.4) is 0 Å². The largest absolute Gasteiger partial charge is 0.497 e. The van der Waals surface area contributed by atoms with E-state index in [1.165, 1.54) is 11.1 Å². The monoisotopic (exact) mass is 287 g/mol. The SMILES string of the molecule is COc1ccc(/N=C/c2ccc(-c3ccccc3)cc2)cc1. The summed E-state index contributed by atoms with van der Waals surface area (Å²) in [5.74, 6) is 0.839. The lowest BCUT2D eigenvalue weighted by atomic mass is 10.0. The fraction of sp³-hybridized carbons (Fsp3) is 0.0500. The van der Waals surface area contributed by atoms with Crippen molar-refractivity contribution >= 4 is 11.9 Å². The first-order chi connectivity index (χ1) is 10.8. The molecule has 0 aliphatic heterocycles. The number of aliphatic imine (C=N–C) groups is 1. The van der Waals surface area contributed by atoms with Crippen LogP contribution in [-0.4, -0.2) is 13.3 Å². The van der Waals surface area contributed by atoms with Crippen LogP contribution in [0, 0.1) is 0 Å². The number of benzene rings is 3. The van der Waals surface area contributed by atoms with Gasteiger partial charge in [-0.05, 0) is 41.0 Å². The van der Waals surface area contributed by atoms with E-state index in [2.05, 4.69) is 41.4 Å². The summed E-state index contributed by atoms with van der Waals surface area (Å²) in [5.41, 5.74) is 4.42. The second kappa shape index (κ2) is 6.72. The number of hydrogen-bond donors (Lipinski definition) is 0. The van der Waals surface area contributed by atoms with E-state index in [1.54, 1.807) is 7.11 Å². The summed E-state index contributed by atoms with van der Waals surface area (Å²) >= 11 is 0. The lowest BCUT2D eigenvalue weighted by Crippen LogP contribution is -1.83. The van der Waals surface area contributed by atoms with Gasteiger partial charge in [-0.2, -0.15) is 0 Å². The van der Waals surface area contributed by atoms with Crippen molar-refractivity contribution in [2.45, 2.75) is 0 Å². The normalized spacial score (nSPS) is 10.8. The Balaban J connectivity index is 1.74. The number of methoxy groups -OCH3 is 1. The molecule has 0 saturated carbocycles. The molecule has 0 bridgehead atoms. The summed E-state index contributed by atoms with van der Waals surface area (Å²) in [5, 5.41) is 0. The van der Waals surface area contributed by atoms with Crippen LogP contribution in [0.2, 0.25) is 0 Å². The maximum absolute atomic E-state index is 5.14. The highest BCUT2D eigenvalue weighted by atomic mass is 16.5. The molecular weight excluding hydrogens is 270 g/mol. The summed E-state index contributed by atoms with van der Waals surface area (Å²) in [6.45, 7) is 0. The smallest absolute Gasteiger partial charge is 0.119 e. The summed E-state index contributed by atoms with van der Waals surface area (Å²) in [6, 6.07) is 26.4. The summed E-state index contributed by atoms with van der Waals surface area (Å²) < 4.78 is 5.14. The molecule has 108 valence electrons. The van der Waals surface area contributed by atoms with Crippen molar-refractivity contribution in [3.8, 4) is 16.9 Å². The summed E-state index contributed by atoms with van der Waals surface area (Å²) in [6.07, 6.45) is 1.87. The maximum Gasteiger partial charge on any atom is 0.119 e. The molecule has 0 aliphatic carbocycles. The molecule has 2 nitrogen and oxygen atoms in total. The van der Waals surface area contributed by atoms with Gasteiger partial charge >= 0.3 is 0 Å². The zero-order chi connectivity index (χ0) is 15.2. The standard InChI is InChI=1S/C20H17NO/c1-22-20-13-11-19(12-14-20)21-15-16-7-9-18(10-8-16)17-5-3-2-4-6-17/h2-15H,1H3/b21-15+. The molecule has 0 radical (unpaired) electrons. The van der Waals surface area contributed by atoms with Gasteiger partial charge in [0.05, 0.1) is 12.8 Å². The van der Waals surface area contributed by atoms with Gasteiger partial charge in [-0.25, -0.2) is 0 Å². The molecule has 0 fully saturated rings. The predicted molar refractivity (Wildman–Crippen MR) is 92.1 cm³/mol. The Morgan fingerprint density at radius 3 is 2.00 bits per heavy atom. The lowest BCUT2D eigenvalue weighted by Gasteiger charge is -2.02. The quantitative estimate of drug-likeness (QED) is 0.611. The number of rotatable bonds is 4. The molecule has 0 amide bonds. The Labute approximate surface area is 130 Å². The van der Waals surface area contributed by atoms with Crippen LogP contribution in [0.4, 0.5) is 5.69 Å². The summed E-state index contributed by atoms with van der Waals surface area (Å²) in [7, 11) is 1.66. The van der Waals surface area contributed by atoms with E-state index in [-0.39, 0.29) is 0 Å². The molecule has 0 N–H and O–H groups in total. The second-order valence-electron chi connectivity index (χ2n) is 4.94. The van der Waals surface area contributed by atoms with Gasteiger partial charge in [-0.3, -0.25) is 4.99 Å². The average molecular weight is 287 g/mol. The van der Waals surface area contributed by atoms with E-state index >= 15 is 0 Å². The van der Waals surface area contributed by atoms with Crippen LogP contribution in [0.25, 0.3) is 11.1 Å². The number of hydrogen-bond acceptors (Lipinski definition) is 2. The van der Waals surface area contributed by atoms with Crippen molar-refractivity contribution in [1.29, 1.82) is 0 Å². The van der Waals surface area contributed by atoms with E-state index in [0.717, 1.165) is 17.0 Å². The van der Waals surface area contributed by atoms with E-state index in [9.17, 15) is 0 Å². The first-order valence-corrected chi connectivity index (χ1v) is 7.19. The molecule has 3 aromatic rings. The van der Waals surface area contributed by atoms with E-state index in [0.29, 0.717) is 0 Å². The van der Waals surface area contributed by atoms with Crippen molar-refractivity contribution in [3.05, 3.63) is 84.4 Å². The van der Waals surface area contributed by atoms with Crippen LogP contribution in [0.1, 0.15) is 5.56 Å². The summed E-state index contributed by atoms with van der Waals surface area (Å²) in [4.78, 5) is 4.47. The van der Waals surface area contributed by atoms with E-state index in [4.69, 9.17) is 4.74 Å². The molecule has 2 heteroatoms. The highest BCUT2D eigenvalue weighted by Gasteiger charge is 1.96. The van der Waals surface area contributed by atoms with E-state index in [1.807, 2.05) is 48.7 Å². The molecule has 0 aliphatic rings. The van der Waals surface area contributed by atoms with Crippen molar-refractivity contribution < 1.29 is 4.74 Å². The molecule has 3 rings (SSSR count). The predicted octanol–water partition coefficient (Wildman–Crippen LogP) is 5.11. The maximum atomic E-state index is 5.14. The number of nitrogens with zero attached hydrogens (tertiary/aromatic N) is 1. The van der Waals surface area contributed by atoms with Gasteiger partial charge in [0, 0.05) is 6.21 Å². The number of ether oxygens (including phenoxy) is 1. The van der Waals surface area contributed by atoms with Crippen LogP contribution in [0.5, 0.6) is 5.75 Å². The third-order valence-corrected chi connectivity index (χ3v) is 3.45. The molecule has 0 unspecified atom stereocenters. The van der Waals surface area contributed by atoms with Crippen LogP contribution in [0.15, 0.2) is 83.9 Å². The van der Waals surface area contributed by atoms with Gasteiger partial charge < -0.3 is 4.74 Å². The third kappa shape index (κ3) is 3.41. The van der Waals surface area contributed by atoms with Crippen LogP contribution in [-0.2, 0) is 0 Å². The van der Waals surface area contributed by atoms with E-state index < -0.39 is 0 Å². The zero-order valence-electron chi connectivity index (χ0n) is 12.4. The Morgan fingerprint density at radius 1 is 0.727 bits per heavy atom. The third-order valence-electron chi connectivity index (χ3n) is 3.45. The second-order valence-corrected chi connectivity index (χ2v) is 4.94. The Hall–Kier alpha value is -2.87. The molecule has 22 heavy (non-hydrogen) atoms. The highest BCUT2D eigenvalue weighted by Crippen LogP contribution is 2.20. The average Bonchev–Trinajstić information content (AvgIpc) is 2.61. The Morgan fingerprint density at radius 2 is 1.36 bits per heavy atom. The van der Waals surface area contributed by atoms with Gasteiger partial charge in [0.1, 0.15) is 5.75 Å². The first kappa shape index (κ1) is 14.1. The molecule has 0 spiro atoms. The van der Waals surface area contributed by atoms with Gasteiger partial charge in [0.2, 0.25) is 0 Å². The minimum absolute atomic E-state index is 0.839. The minimum atomic E-state index is 0.839. The molecule has 3 aromatic carbocycles. The van der Waals surface area contributed by atoms with Crippen LogP contribution < -0.4 is 4.74 Å². The zero-order valence-corrected chi connectivity index (χ0v) is 12.4. The fourth-order valence-electron chi connectivity index (χ4n) is 2.21. The molecule has 0 heterocycles. The van der Waals surface area contributed by atoms with Crippen molar-refractivity contribution in [2.24, 2.45) is 4.99 Å². The van der Waals surface area contributed by atoms with Crippen molar-refractivity contribution in [2.75, 3.05) is 7.11 Å². The van der Waals surface area contributed by atoms with Crippen molar-refractivity contribution in [3.63, 3.8) is 0 Å². The molecular formula is C20H17NO. The molecule has 0 aromatic heterocycles. The Bertz CT molecular complexity index is 744. The van der Waals surface area contributed by atoms with Crippen LogP contribution >= 0.6 is 0 Å². The first-order valence-electron chi connectivity index (χ1n) is 7.19. The minimum Gasteiger partial charge on any atom is -0.497 e. The lowest BCUT2D eigenvalue weighted by molar-refractivity contribution is 0.415. The molecule has 0 saturated heterocycles. The molecule has 0 atom stereocenters. The fourth-order valence-corrected chi connectivity index (χ4v) is 2.21. The van der Waals surface area contributed by atoms with Gasteiger partial charge in [0.25, 0.3) is 0 Å².